The smallest absolute Gasteiger partial charge is 0.311 e. The molecule has 3 saturated heterocycles. The summed E-state index contributed by atoms with van der Waals surface area (Å²) in [5.74, 6) is -4.14. The number of likely N-dealkylation sites (N-methyl/N-ethyl adjacent to an activating group) is 1. The average Bonchev–Trinajstić information content (AvgIpc) is 3.15. The van der Waals surface area contributed by atoms with Crippen LogP contribution in [0.5, 0.6) is 0 Å². The Labute approximate surface area is 345 Å². The quantitative estimate of drug-likeness (QED) is 0.0778. The third kappa shape index (κ3) is 12.1. The molecule has 0 aromatic rings. The summed E-state index contributed by atoms with van der Waals surface area (Å²) in [4.78, 5) is 21.8. The second-order valence-corrected chi connectivity index (χ2v) is 17.7. The molecule has 0 saturated carbocycles. The van der Waals surface area contributed by atoms with Crippen molar-refractivity contribution in [1.82, 2.24) is 4.90 Å². The van der Waals surface area contributed by atoms with Crippen LogP contribution in [0, 0.1) is 23.7 Å². The zero-order chi connectivity index (χ0) is 43.9. The van der Waals surface area contributed by atoms with Crippen molar-refractivity contribution in [2.24, 2.45) is 28.8 Å². The number of hydrogen-bond donors (Lipinski definition) is 5. The lowest BCUT2D eigenvalue weighted by Gasteiger charge is -2.49. The van der Waals surface area contributed by atoms with Gasteiger partial charge in [0.15, 0.2) is 12.6 Å². The first-order valence-electron chi connectivity index (χ1n) is 20.8. The molecule has 340 valence electrons. The van der Waals surface area contributed by atoms with Crippen LogP contribution in [0.15, 0.2) is 5.16 Å². The molecule has 0 radical (unpaired) electrons. The van der Waals surface area contributed by atoms with E-state index < -0.39 is 102 Å². The fourth-order valence-electron chi connectivity index (χ4n) is 8.93. The summed E-state index contributed by atoms with van der Waals surface area (Å²) in [5, 5.41) is 63.6. The topological polar surface area (TPSA) is 217 Å². The van der Waals surface area contributed by atoms with E-state index in [9.17, 15) is 30.3 Å². The van der Waals surface area contributed by atoms with Gasteiger partial charge in [0.25, 0.3) is 0 Å². The second kappa shape index (κ2) is 21.5. The number of cyclic esters (lactones) is 1. The standard InChI is InChI=1S/C41H76N2O15/c1-15-29-41(10,49)34(45)24(4)31(42-53-21-52-17-16-50-13)22(2)19-39(8,48)36(58-38-32(44)28(43(11)12)18-23(3)54-38)25(5)33(26(6)37(47)56-29)57-30-20-40(9,51-14)35(46)27(7)55-30/h22-30,32-36,38,44-46,48-49H,15-21H2,1-14H3/b42-31-/t22-,23-,24+,25+,26-,27+,28+,29-,30-,32+,33+,34-,35-,36-,38+,39-,40+,41-/m1/s1. The minimum Gasteiger partial charge on any atom is -0.459 e. The van der Waals surface area contributed by atoms with Crippen molar-refractivity contribution >= 4 is 11.7 Å². The van der Waals surface area contributed by atoms with Crippen LogP contribution < -0.4 is 0 Å². The van der Waals surface area contributed by atoms with Gasteiger partial charge in [-0.2, -0.15) is 0 Å². The van der Waals surface area contributed by atoms with Gasteiger partial charge < -0.3 is 73.2 Å². The zero-order valence-corrected chi connectivity index (χ0v) is 37.3. The fourth-order valence-corrected chi connectivity index (χ4v) is 8.93. The Hall–Kier alpha value is -1.58. The van der Waals surface area contributed by atoms with Crippen LogP contribution in [0.1, 0.15) is 94.9 Å². The number of ether oxygens (including phenoxy) is 8. The van der Waals surface area contributed by atoms with Crippen molar-refractivity contribution in [3.63, 3.8) is 0 Å². The molecule has 18 atom stereocenters. The largest absolute Gasteiger partial charge is 0.459 e. The van der Waals surface area contributed by atoms with Crippen molar-refractivity contribution < 1.29 is 73.1 Å². The summed E-state index contributed by atoms with van der Waals surface area (Å²) in [6.07, 6.45) is -9.49. The Morgan fingerprint density at radius 2 is 1.55 bits per heavy atom. The van der Waals surface area contributed by atoms with Crippen LogP contribution in [0.25, 0.3) is 0 Å². The molecule has 0 aromatic carbocycles. The van der Waals surface area contributed by atoms with Gasteiger partial charge in [-0.05, 0) is 74.9 Å². The van der Waals surface area contributed by atoms with E-state index in [1.165, 1.54) is 14.0 Å². The lowest BCUT2D eigenvalue weighted by Crippen LogP contribution is -2.61. The molecule has 0 aromatic heterocycles. The molecular weight excluding hydrogens is 760 g/mol. The first kappa shape index (κ1) is 50.8. The molecule has 5 N–H and O–H groups in total. The fraction of sp³-hybridized carbons (Fsp3) is 0.951. The predicted octanol–water partition coefficient (Wildman–Crippen LogP) is 2.21. The lowest BCUT2D eigenvalue weighted by atomic mass is 9.73. The van der Waals surface area contributed by atoms with Crippen molar-refractivity contribution in [2.75, 3.05) is 48.3 Å². The molecule has 3 fully saturated rings. The van der Waals surface area contributed by atoms with E-state index in [2.05, 4.69) is 5.16 Å². The SMILES string of the molecule is CC[C@H]1OC(=O)[C@H](C)[C@@H](O[C@@H]2C[C@](C)(OC)[C@H](O)[C@H](C)O2)[C@H](C)[C@@H](O[C@@H]2O[C@H](C)C[C@H](N(C)C)[C@@H]2O)[C@](C)(O)C[C@@H](C)/C(=N/OCOCCOC)[C@H](C)[C@@H](O)[C@]1(C)O. The third-order valence-electron chi connectivity index (χ3n) is 12.6. The van der Waals surface area contributed by atoms with Gasteiger partial charge in [0, 0.05) is 44.4 Å². The van der Waals surface area contributed by atoms with Gasteiger partial charge >= 0.3 is 5.97 Å². The summed E-state index contributed by atoms with van der Waals surface area (Å²) < 4.78 is 48.1. The van der Waals surface area contributed by atoms with Crippen LogP contribution in [-0.4, -0.2) is 175 Å². The molecule has 3 heterocycles. The maximum absolute atomic E-state index is 14.3. The summed E-state index contributed by atoms with van der Waals surface area (Å²) in [6.45, 7) is 17.3. The molecule has 0 amide bonds. The van der Waals surface area contributed by atoms with E-state index in [0.29, 0.717) is 18.7 Å². The number of rotatable bonds is 13. The molecule has 58 heavy (non-hydrogen) atoms. The Kier molecular flexibility index (Phi) is 18.8. The summed E-state index contributed by atoms with van der Waals surface area (Å²) in [7, 11) is 6.76. The van der Waals surface area contributed by atoms with Gasteiger partial charge in [0.1, 0.15) is 23.9 Å². The highest BCUT2D eigenvalue weighted by Gasteiger charge is 2.53. The van der Waals surface area contributed by atoms with Gasteiger partial charge in [0.2, 0.25) is 6.79 Å². The number of aliphatic hydroxyl groups excluding tert-OH is 3. The van der Waals surface area contributed by atoms with E-state index in [1.54, 1.807) is 55.6 Å². The van der Waals surface area contributed by atoms with E-state index >= 15 is 0 Å². The maximum atomic E-state index is 14.3. The van der Waals surface area contributed by atoms with E-state index in [4.69, 9.17) is 42.7 Å². The Morgan fingerprint density at radius 3 is 2.14 bits per heavy atom. The highest BCUT2D eigenvalue weighted by atomic mass is 16.7. The first-order chi connectivity index (χ1) is 27.0. The van der Waals surface area contributed by atoms with Crippen LogP contribution in [0.4, 0.5) is 0 Å². The summed E-state index contributed by atoms with van der Waals surface area (Å²) >= 11 is 0. The molecule has 3 aliphatic rings. The number of carbonyl (C=O) groups excluding carboxylic acids is 1. The van der Waals surface area contributed by atoms with Crippen molar-refractivity contribution in [1.29, 1.82) is 0 Å². The van der Waals surface area contributed by atoms with Gasteiger partial charge in [-0.3, -0.25) is 4.79 Å². The van der Waals surface area contributed by atoms with Crippen molar-refractivity contribution in [3.8, 4) is 0 Å². The second-order valence-electron chi connectivity index (χ2n) is 17.7. The van der Waals surface area contributed by atoms with Crippen LogP contribution in [0.2, 0.25) is 0 Å². The van der Waals surface area contributed by atoms with E-state index in [0.717, 1.165) is 0 Å². The number of hydrogen-bond acceptors (Lipinski definition) is 17. The number of methoxy groups -OCH3 is 2. The van der Waals surface area contributed by atoms with Gasteiger partial charge in [-0.25, -0.2) is 0 Å². The third-order valence-corrected chi connectivity index (χ3v) is 12.6. The molecule has 0 spiro atoms. The average molecular weight is 837 g/mol. The van der Waals surface area contributed by atoms with Crippen molar-refractivity contribution in [3.05, 3.63) is 0 Å². The minimum absolute atomic E-state index is 0.0307. The number of nitrogens with zero attached hydrogens (tertiary/aromatic N) is 2. The molecule has 3 aliphatic heterocycles. The van der Waals surface area contributed by atoms with Crippen LogP contribution in [0.3, 0.4) is 0 Å². The Morgan fingerprint density at radius 1 is 0.897 bits per heavy atom. The number of oxime groups is 1. The lowest BCUT2D eigenvalue weighted by molar-refractivity contribution is -0.317. The maximum Gasteiger partial charge on any atom is 0.311 e. The molecule has 17 nitrogen and oxygen atoms in total. The normalized spacial score (nSPS) is 45.8. The van der Waals surface area contributed by atoms with Crippen LogP contribution in [-0.2, 0) is 47.5 Å². The summed E-state index contributed by atoms with van der Waals surface area (Å²) in [5.41, 5.74) is -4.49. The molecule has 0 unspecified atom stereocenters. The highest BCUT2D eigenvalue weighted by molar-refractivity contribution is 5.88. The van der Waals surface area contributed by atoms with Crippen LogP contribution >= 0.6 is 0 Å². The van der Waals surface area contributed by atoms with Gasteiger partial charge in [-0.1, -0.05) is 32.9 Å². The highest BCUT2D eigenvalue weighted by Crippen LogP contribution is 2.41. The monoisotopic (exact) mass is 837 g/mol. The molecule has 0 aliphatic carbocycles. The molecular formula is C41H76N2O15. The minimum atomic E-state index is -1.97. The predicted molar refractivity (Wildman–Crippen MR) is 212 cm³/mol. The zero-order valence-electron chi connectivity index (χ0n) is 37.3. The van der Waals surface area contributed by atoms with E-state index in [1.807, 2.05) is 32.8 Å². The van der Waals surface area contributed by atoms with E-state index in [-0.39, 0.29) is 44.8 Å². The van der Waals surface area contributed by atoms with Crippen molar-refractivity contribution in [2.45, 2.75) is 179 Å². The first-order valence-corrected chi connectivity index (χ1v) is 20.8. The Balaban J connectivity index is 2.22. The number of aliphatic hydroxyl groups is 5. The molecule has 3 rings (SSSR count). The number of esters is 1. The summed E-state index contributed by atoms with van der Waals surface area (Å²) in [6, 6.07) is -0.328. The van der Waals surface area contributed by atoms with Gasteiger partial charge in [-0.15, -0.1) is 0 Å². The van der Waals surface area contributed by atoms with Gasteiger partial charge in [0.05, 0.1) is 66.6 Å². The number of carbonyl (C=O) groups is 1. The molecule has 17 heteroatoms. The Bertz CT molecular complexity index is 1300. The molecule has 0 bridgehead atoms.